The van der Waals surface area contributed by atoms with Crippen LogP contribution in [0.25, 0.3) is 0 Å². The molecule has 0 N–H and O–H groups in total. The van der Waals surface area contributed by atoms with E-state index in [9.17, 15) is 9.59 Å². The Bertz CT molecular complexity index is 728. The smallest absolute Gasteiger partial charge is 0.260 e. The molecule has 1 saturated heterocycles. The Morgan fingerprint density at radius 1 is 1.00 bits per heavy atom. The van der Waals surface area contributed by atoms with E-state index < -0.39 is 0 Å². The van der Waals surface area contributed by atoms with Gasteiger partial charge < -0.3 is 14.5 Å². The van der Waals surface area contributed by atoms with Crippen LogP contribution < -0.4 is 4.74 Å². The molecule has 0 bridgehead atoms. The van der Waals surface area contributed by atoms with E-state index in [1.807, 2.05) is 53.6 Å². The monoisotopic (exact) mass is 372 g/mol. The lowest BCUT2D eigenvalue weighted by Gasteiger charge is -2.22. The maximum Gasteiger partial charge on any atom is 0.260 e. The van der Waals surface area contributed by atoms with E-state index in [-0.39, 0.29) is 18.4 Å². The van der Waals surface area contributed by atoms with Crippen LogP contribution in [0.15, 0.2) is 41.8 Å². The second kappa shape index (κ2) is 8.85. The van der Waals surface area contributed by atoms with E-state index in [2.05, 4.69) is 0 Å². The van der Waals surface area contributed by atoms with Crippen LogP contribution in [0.4, 0.5) is 0 Å². The first-order valence-electron chi connectivity index (χ1n) is 8.89. The van der Waals surface area contributed by atoms with Crippen LogP contribution in [-0.4, -0.2) is 54.4 Å². The topological polar surface area (TPSA) is 49.9 Å². The molecule has 1 aromatic carbocycles. The van der Waals surface area contributed by atoms with Crippen LogP contribution in [0.5, 0.6) is 5.75 Å². The van der Waals surface area contributed by atoms with Gasteiger partial charge in [-0.05, 0) is 36.9 Å². The molecule has 2 amide bonds. The highest BCUT2D eigenvalue weighted by Gasteiger charge is 2.22. The van der Waals surface area contributed by atoms with Crippen LogP contribution in [0.1, 0.15) is 16.9 Å². The summed E-state index contributed by atoms with van der Waals surface area (Å²) in [5, 5.41) is 1.99. The zero-order chi connectivity index (χ0) is 18.4. The Kier molecular flexibility index (Phi) is 6.28. The van der Waals surface area contributed by atoms with E-state index in [1.165, 1.54) is 0 Å². The van der Waals surface area contributed by atoms with Gasteiger partial charge in [0, 0.05) is 31.1 Å². The van der Waals surface area contributed by atoms with Crippen molar-refractivity contribution in [2.24, 2.45) is 0 Å². The summed E-state index contributed by atoms with van der Waals surface area (Å²) in [6.07, 6.45) is 1.24. The third-order valence-electron chi connectivity index (χ3n) is 4.49. The van der Waals surface area contributed by atoms with E-state index >= 15 is 0 Å². The number of hydrogen-bond acceptors (Lipinski definition) is 4. The van der Waals surface area contributed by atoms with Crippen molar-refractivity contribution in [3.05, 3.63) is 52.2 Å². The Morgan fingerprint density at radius 3 is 2.35 bits per heavy atom. The number of carbonyl (C=O) groups excluding carboxylic acids is 2. The fraction of sp³-hybridized carbons (Fsp3) is 0.400. The maximum atomic E-state index is 12.4. The van der Waals surface area contributed by atoms with Crippen molar-refractivity contribution >= 4 is 23.2 Å². The van der Waals surface area contributed by atoms with Crippen molar-refractivity contribution in [3.8, 4) is 5.75 Å². The van der Waals surface area contributed by atoms with Crippen LogP contribution in [0, 0.1) is 6.92 Å². The number of benzene rings is 1. The van der Waals surface area contributed by atoms with E-state index in [0.717, 1.165) is 16.9 Å². The van der Waals surface area contributed by atoms with Crippen LogP contribution in [0.3, 0.4) is 0 Å². The number of amides is 2. The van der Waals surface area contributed by atoms with Gasteiger partial charge in [-0.2, -0.15) is 0 Å². The highest BCUT2D eigenvalue weighted by Crippen LogP contribution is 2.14. The lowest BCUT2D eigenvalue weighted by Crippen LogP contribution is -2.39. The van der Waals surface area contributed by atoms with E-state index in [0.29, 0.717) is 38.3 Å². The normalized spacial score (nSPS) is 14.8. The summed E-state index contributed by atoms with van der Waals surface area (Å²) in [5.74, 6) is 0.808. The fourth-order valence-electron chi connectivity index (χ4n) is 2.96. The van der Waals surface area contributed by atoms with Gasteiger partial charge in [-0.3, -0.25) is 9.59 Å². The quantitative estimate of drug-likeness (QED) is 0.811. The number of ether oxygens (including phenoxy) is 1. The molecule has 5 nitrogen and oxygen atoms in total. The van der Waals surface area contributed by atoms with Gasteiger partial charge in [0.25, 0.3) is 5.91 Å². The van der Waals surface area contributed by atoms with Gasteiger partial charge in [0.05, 0.1) is 6.42 Å². The number of aryl methyl sites for hydroxylation is 1. The standard InChI is InChI=1S/C20H24N2O3S/c1-16-5-7-17(8-6-16)25-15-20(24)22-10-3-9-21(11-12-22)19(23)14-18-4-2-13-26-18/h2,4-8,13H,3,9-12,14-15H2,1H3. The lowest BCUT2D eigenvalue weighted by atomic mass is 10.2. The van der Waals surface area contributed by atoms with E-state index in [4.69, 9.17) is 4.74 Å². The molecule has 3 rings (SSSR count). The molecule has 2 heterocycles. The third-order valence-corrected chi connectivity index (χ3v) is 5.37. The molecule has 138 valence electrons. The summed E-state index contributed by atoms with van der Waals surface area (Å²) in [5.41, 5.74) is 1.16. The first kappa shape index (κ1) is 18.5. The average Bonchev–Trinajstić information content (AvgIpc) is 3.02. The van der Waals surface area contributed by atoms with Gasteiger partial charge in [-0.25, -0.2) is 0 Å². The summed E-state index contributed by atoms with van der Waals surface area (Å²) in [7, 11) is 0. The second-order valence-electron chi connectivity index (χ2n) is 6.47. The van der Waals surface area contributed by atoms with E-state index in [1.54, 1.807) is 16.2 Å². The summed E-state index contributed by atoms with van der Waals surface area (Å²) in [6, 6.07) is 11.6. The van der Waals surface area contributed by atoms with Gasteiger partial charge >= 0.3 is 0 Å². The summed E-state index contributed by atoms with van der Waals surface area (Å²) in [6.45, 7) is 4.56. The van der Waals surface area contributed by atoms with Crippen molar-refractivity contribution in [3.63, 3.8) is 0 Å². The van der Waals surface area contributed by atoms with Crippen molar-refractivity contribution in [2.45, 2.75) is 19.8 Å². The zero-order valence-corrected chi connectivity index (χ0v) is 15.8. The SMILES string of the molecule is Cc1ccc(OCC(=O)N2CCCN(C(=O)Cc3cccs3)CC2)cc1. The molecule has 26 heavy (non-hydrogen) atoms. The number of carbonyl (C=O) groups is 2. The summed E-state index contributed by atoms with van der Waals surface area (Å²) < 4.78 is 5.59. The molecule has 1 aliphatic heterocycles. The van der Waals surface area contributed by atoms with Crippen molar-refractivity contribution in [1.82, 2.24) is 9.80 Å². The predicted molar refractivity (Wildman–Crippen MR) is 102 cm³/mol. The van der Waals surface area contributed by atoms with Crippen molar-refractivity contribution < 1.29 is 14.3 Å². The zero-order valence-electron chi connectivity index (χ0n) is 15.0. The summed E-state index contributed by atoms with van der Waals surface area (Å²) in [4.78, 5) is 29.6. The van der Waals surface area contributed by atoms with Gasteiger partial charge in [0.15, 0.2) is 6.61 Å². The molecular formula is C20H24N2O3S. The molecule has 0 unspecified atom stereocenters. The number of thiophene rings is 1. The van der Waals surface area contributed by atoms with Gasteiger partial charge in [0.1, 0.15) is 5.75 Å². The van der Waals surface area contributed by atoms with Gasteiger partial charge in [-0.15, -0.1) is 11.3 Å². The second-order valence-corrected chi connectivity index (χ2v) is 7.51. The van der Waals surface area contributed by atoms with Crippen LogP contribution in [-0.2, 0) is 16.0 Å². The highest BCUT2D eigenvalue weighted by molar-refractivity contribution is 7.10. The summed E-state index contributed by atoms with van der Waals surface area (Å²) >= 11 is 1.60. The minimum absolute atomic E-state index is 0.0295. The maximum absolute atomic E-state index is 12.4. The molecule has 0 aliphatic carbocycles. The number of rotatable bonds is 5. The molecule has 0 saturated carbocycles. The van der Waals surface area contributed by atoms with Crippen LogP contribution >= 0.6 is 11.3 Å². The average molecular weight is 372 g/mol. The molecule has 0 spiro atoms. The minimum Gasteiger partial charge on any atom is -0.484 e. The third kappa shape index (κ3) is 5.08. The Morgan fingerprint density at radius 2 is 1.69 bits per heavy atom. The molecule has 1 aromatic heterocycles. The number of hydrogen-bond donors (Lipinski definition) is 0. The fourth-order valence-corrected chi connectivity index (χ4v) is 3.66. The molecule has 0 atom stereocenters. The molecule has 1 aliphatic rings. The Hall–Kier alpha value is -2.34. The highest BCUT2D eigenvalue weighted by atomic mass is 32.1. The van der Waals surface area contributed by atoms with Gasteiger partial charge in [-0.1, -0.05) is 23.8 Å². The molecule has 2 aromatic rings. The van der Waals surface area contributed by atoms with Crippen molar-refractivity contribution in [1.29, 1.82) is 0 Å². The van der Waals surface area contributed by atoms with Crippen molar-refractivity contribution in [2.75, 3.05) is 32.8 Å². The molecule has 0 radical (unpaired) electrons. The first-order valence-corrected chi connectivity index (χ1v) is 9.77. The largest absolute Gasteiger partial charge is 0.484 e. The van der Waals surface area contributed by atoms with Gasteiger partial charge in [0.2, 0.25) is 5.91 Å². The Labute approximate surface area is 158 Å². The minimum atomic E-state index is -0.0295. The van der Waals surface area contributed by atoms with Crippen LogP contribution in [0.2, 0.25) is 0 Å². The molecule has 6 heteroatoms. The predicted octanol–water partition coefficient (Wildman–Crippen LogP) is 2.74. The molecular weight excluding hydrogens is 348 g/mol. The number of nitrogens with zero attached hydrogens (tertiary/aromatic N) is 2. The first-order chi connectivity index (χ1) is 12.6. The lowest BCUT2D eigenvalue weighted by molar-refractivity contribution is -0.134. The Balaban J connectivity index is 1.47. The molecule has 1 fully saturated rings.